The van der Waals surface area contributed by atoms with Crippen LogP contribution in [0.15, 0.2) is 0 Å². The number of hydrogen-bond donors (Lipinski definition) is 2. The van der Waals surface area contributed by atoms with Gasteiger partial charge in [0.05, 0.1) is 6.42 Å². The summed E-state index contributed by atoms with van der Waals surface area (Å²) in [7, 11) is 0. The molecule has 0 unspecified atom stereocenters. The zero-order chi connectivity index (χ0) is 14.3. The lowest BCUT2D eigenvalue weighted by molar-refractivity contribution is -0.137. The summed E-state index contributed by atoms with van der Waals surface area (Å²) in [5, 5.41) is 11.0. The smallest absolute Gasteiger partial charge is 0.317 e. The lowest BCUT2D eigenvalue weighted by Gasteiger charge is -2.21. The molecule has 7 heteroatoms. The Bertz CT molecular complexity index is 346. The number of amides is 3. The quantitative estimate of drug-likeness (QED) is 0.743. The number of nitrogens with zero attached hydrogens (tertiary/aromatic N) is 2. The van der Waals surface area contributed by atoms with Crippen LogP contribution in [0.25, 0.3) is 0 Å². The predicted molar refractivity (Wildman–Crippen MR) is 68.7 cm³/mol. The van der Waals surface area contributed by atoms with Crippen LogP contribution in [0.4, 0.5) is 4.79 Å². The molecule has 19 heavy (non-hydrogen) atoms. The maximum atomic E-state index is 11.9. The van der Waals surface area contributed by atoms with Crippen LogP contribution in [-0.4, -0.2) is 65.5 Å². The zero-order valence-electron chi connectivity index (χ0n) is 11.2. The van der Waals surface area contributed by atoms with Crippen molar-refractivity contribution in [2.45, 2.75) is 26.2 Å². The number of carboxylic acid groups (broad SMARTS) is 1. The van der Waals surface area contributed by atoms with Crippen LogP contribution in [0, 0.1) is 0 Å². The molecule has 0 aliphatic carbocycles. The van der Waals surface area contributed by atoms with Gasteiger partial charge in [0.1, 0.15) is 6.54 Å². The van der Waals surface area contributed by atoms with Crippen molar-refractivity contribution in [1.82, 2.24) is 15.1 Å². The zero-order valence-corrected chi connectivity index (χ0v) is 11.2. The van der Waals surface area contributed by atoms with Crippen molar-refractivity contribution in [3.8, 4) is 0 Å². The molecule has 108 valence electrons. The molecule has 1 aliphatic rings. The fourth-order valence-electron chi connectivity index (χ4n) is 1.99. The molecular formula is C12H21N3O4. The second-order valence-corrected chi connectivity index (χ2v) is 4.53. The Morgan fingerprint density at radius 1 is 1.37 bits per heavy atom. The minimum absolute atomic E-state index is 0.0484. The molecule has 0 aromatic rings. The summed E-state index contributed by atoms with van der Waals surface area (Å²) >= 11 is 0. The SMILES string of the molecule is CCCN1CCCN(C(=O)NCCC(=O)O)CC1=O. The van der Waals surface area contributed by atoms with Crippen LogP contribution in [-0.2, 0) is 9.59 Å². The van der Waals surface area contributed by atoms with Crippen LogP contribution in [0.3, 0.4) is 0 Å². The number of hydrogen-bond acceptors (Lipinski definition) is 3. The Kier molecular flexibility index (Phi) is 6.11. The van der Waals surface area contributed by atoms with Crippen molar-refractivity contribution in [3.63, 3.8) is 0 Å². The van der Waals surface area contributed by atoms with Crippen molar-refractivity contribution in [1.29, 1.82) is 0 Å². The third-order valence-electron chi connectivity index (χ3n) is 2.93. The molecule has 1 aliphatic heterocycles. The van der Waals surface area contributed by atoms with E-state index in [9.17, 15) is 14.4 Å². The molecule has 3 amide bonds. The van der Waals surface area contributed by atoms with Crippen molar-refractivity contribution in [3.05, 3.63) is 0 Å². The molecule has 0 aromatic heterocycles. The Morgan fingerprint density at radius 3 is 2.74 bits per heavy atom. The van der Waals surface area contributed by atoms with Gasteiger partial charge in [-0.1, -0.05) is 6.92 Å². The Balaban J connectivity index is 2.43. The monoisotopic (exact) mass is 271 g/mol. The van der Waals surface area contributed by atoms with Gasteiger partial charge >= 0.3 is 12.0 Å². The van der Waals surface area contributed by atoms with Crippen molar-refractivity contribution >= 4 is 17.9 Å². The standard InChI is InChI=1S/C12H21N3O4/c1-2-6-14-7-3-8-15(9-10(14)16)12(19)13-5-4-11(17)18/h2-9H2,1H3,(H,13,19)(H,17,18). The second kappa shape index (κ2) is 7.60. The lowest BCUT2D eigenvalue weighted by Crippen LogP contribution is -2.44. The van der Waals surface area contributed by atoms with Gasteiger partial charge in [-0.05, 0) is 12.8 Å². The molecular weight excluding hydrogens is 250 g/mol. The van der Waals surface area contributed by atoms with Crippen molar-refractivity contribution < 1.29 is 19.5 Å². The maximum absolute atomic E-state index is 11.9. The van der Waals surface area contributed by atoms with Gasteiger partial charge in [0.2, 0.25) is 5.91 Å². The van der Waals surface area contributed by atoms with Crippen molar-refractivity contribution in [2.24, 2.45) is 0 Å². The van der Waals surface area contributed by atoms with E-state index in [1.807, 2.05) is 6.92 Å². The van der Waals surface area contributed by atoms with Gasteiger partial charge in [0, 0.05) is 26.2 Å². The minimum Gasteiger partial charge on any atom is -0.481 e. The molecule has 2 N–H and O–H groups in total. The number of carbonyl (C=O) groups is 3. The summed E-state index contributed by atoms with van der Waals surface area (Å²) in [4.78, 5) is 37.3. The number of aliphatic carboxylic acids is 1. The molecule has 0 bridgehead atoms. The predicted octanol–water partition coefficient (Wildman–Crippen LogP) is 0.115. The van der Waals surface area contributed by atoms with E-state index in [0.29, 0.717) is 19.6 Å². The van der Waals surface area contributed by atoms with E-state index in [0.717, 1.165) is 12.8 Å². The van der Waals surface area contributed by atoms with E-state index in [4.69, 9.17) is 5.11 Å². The molecule has 0 atom stereocenters. The van der Waals surface area contributed by atoms with Gasteiger partial charge < -0.3 is 20.2 Å². The molecule has 1 saturated heterocycles. The molecule has 7 nitrogen and oxygen atoms in total. The maximum Gasteiger partial charge on any atom is 0.317 e. The lowest BCUT2D eigenvalue weighted by atomic mass is 10.3. The van der Waals surface area contributed by atoms with E-state index >= 15 is 0 Å². The van der Waals surface area contributed by atoms with E-state index in [1.165, 1.54) is 4.90 Å². The average Bonchev–Trinajstić information content (AvgIpc) is 2.52. The van der Waals surface area contributed by atoms with Gasteiger partial charge in [0.25, 0.3) is 0 Å². The molecule has 0 spiro atoms. The first kappa shape index (κ1) is 15.3. The van der Waals surface area contributed by atoms with Gasteiger partial charge in [-0.2, -0.15) is 0 Å². The van der Waals surface area contributed by atoms with Crippen LogP contribution in [0.1, 0.15) is 26.2 Å². The molecule has 1 rings (SSSR count). The highest BCUT2D eigenvalue weighted by atomic mass is 16.4. The summed E-state index contributed by atoms with van der Waals surface area (Å²) in [5.41, 5.74) is 0. The number of carboxylic acids is 1. The summed E-state index contributed by atoms with van der Waals surface area (Å²) in [5.74, 6) is -1.01. The first-order valence-corrected chi connectivity index (χ1v) is 6.57. The minimum atomic E-state index is -0.957. The highest BCUT2D eigenvalue weighted by Crippen LogP contribution is 2.05. The van der Waals surface area contributed by atoms with Gasteiger partial charge in [-0.15, -0.1) is 0 Å². The van der Waals surface area contributed by atoms with E-state index in [1.54, 1.807) is 4.90 Å². The van der Waals surface area contributed by atoms with Crippen LogP contribution in [0.5, 0.6) is 0 Å². The van der Waals surface area contributed by atoms with Crippen LogP contribution < -0.4 is 5.32 Å². The molecule has 0 radical (unpaired) electrons. The normalized spacial score (nSPS) is 16.2. The fraction of sp³-hybridized carbons (Fsp3) is 0.750. The summed E-state index contributed by atoms with van der Waals surface area (Å²) in [6.07, 6.45) is 1.53. The molecule has 1 heterocycles. The number of nitrogens with one attached hydrogen (secondary N) is 1. The number of carbonyl (C=O) groups excluding carboxylic acids is 2. The number of urea groups is 1. The van der Waals surface area contributed by atoms with E-state index in [-0.39, 0.29) is 31.4 Å². The average molecular weight is 271 g/mol. The largest absolute Gasteiger partial charge is 0.481 e. The molecule has 0 saturated carbocycles. The second-order valence-electron chi connectivity index (χ2n) is 4.53. The first-order chi connectivity index (χ1) is 9.04. The van der Waals surface area contributed by atoms with Gasteiger partial charge in [-0.25, -0.2) is 4.79 Å². The fourth-order valence-corrected chi connectivity index (χ4v) is 1.99. The molecule has 1 fully saturated rings. The number of rotatable bonds is 5. The Labute approximate surface area is 112 Å². The van der Waals surface area contributed by atoms with Crippen LogP contribution in [0.2, 0.25) is 0 Å². The Morgan fingerprint density at radius 2 is 2.11 bits per heavy atom. The van der Waals surface area contributed by atoms with E-state index in [2.05, 4.69) is 5.32 Å². The highest BCUT2D eigenvalue weighted by Gasteiger charge is 2.24. The highest BCUT2D eigenvalue weighted by molar-refractivity contribution is 5.84. The first-order valence-electron chi connectivity index (χ1n) is 6.57. The van der Waals surface area contributed by atoms with E-state index < -0.39 is 5.97 Å². The summed E-state index contributed by atoms with van der Waals surface area (Å²) < 4.78 is 0. The third-order valence-corrected chi connectivity index (χ3v) is 2.93. The third kappa shape index (κ3) is 5.15. The summed E-state index contributed by atoms with van der Waals surface area (Å²) in [6.45, 7) is 4.06. The van der Waals surface area contributed by atoms with Gasteiger partial charge in [0.15, 0.2) is 0 Å². The topological polar surface area (TPSA) is 89.9 Å². The van der Waals surface area contributed by atoms with Gasteiger partial charge in [-0.3, -0.25) is 9.59 Å². The Hall–Kier alpha value is -1.79. The summed E-state index contributed by atoms with van der Waals surface area (Å²) in [6, 6.07) is -0.368. The molecule has 0 aromatic carbocycles. The van der Waals surface area contributed by atoms with Crippen molar-refractivity contribution in [2.75, 3.05) is 32.7 Å². The van der Waals surface area contributed by atoms with Crippen LogP contribution >= 0.6 is 0 Å².